The number of carbonyl (C=O) groups is 1. The number of aromatic nitrogens is 1. The number of carbonyl (C=O) groups excluding carboxylic acids is 1. The van der Waals surface area contributed by atoms with Crippen LogP contribution in [0.25, 0.3) is 0 Å². The molecule has 158 valence electrons. The molecule has 2 aromatic rings. The molecule has 1 aromatic heterocycles. The average molecular weight is 451 g/mol. The van der Waals surface area contributed by atoms with Crippen molar-refractivity contribution in [3.63, 3.8) is 0 Å². The van der Waals surface area contributed by atoms with Crippen molar-refractivity contribution in [2.75, 3.05) is 18.5 Å². The predicted molar refractivity (Wildman–Crippen MR) is 97.2 cm³/mol. The van der Waals surface area contributed by atoms with Crippen molar-refractivity contribution in [1.82, 2.24) is 9.29 Å². The van der Waals surface area contributed by atoms with Crippen LogP contribution < -0.4 is 10.1 Å². The highest BCUT2D eigenvalue weighted by atomic mass is 32.2. The summed E-state index contributed by atoms with van der Waals surface area (Å²) in [5.74, 6) is -0.505. The van der Waals surface area contributed by atoms with Crippen LogP contribution in [0.15, 0.2) is 29.2 Å². The van der Waals surface area contributed by atoms with Gasteiger partial charge < -0.3 is 9.47 Å². The molecule has 0 radical (unpaired) electrons. The molecule has 0 atom stereocenters. The summed E-state index contributed by atoms with van der Waals surface area (Å²) in [5.41, 5.74) is 0.683. The lowest BCUT2D eigenvalue weighted by atomic mass is 10.2. The van der Waals surface area contributed by atoms with E-state index in [4.69, 9.17) is 4.74 Å². The third-order valence-corrected chi connectivity index (χ3v) is 6.73. The Morgan fingerprint density at radius 3 is 2.62 bits per heavy atom. The van der Waals surface area contributed by atoms with Gasteiger partial charge in [-0.15, -0.1) is 13.2 Å². The Kier molecular flexibility index (Phi) is 6.00. The number of amides is 1. The van der Waals surface area contributed by atoms with Crippen molar-refractivity contribution >= 4 is 32.6 Å². The van der Waals surface area contributed by atoms with E-state index in [1.165, 1.54) is 4.31 Å². The average Bonchev–Trinajstić information content (AvgIpc) is 3.02. The summed E-state index contributed by atoms with van der Waals surface area (Å²) < 4.78 is 72.1. The number of hydrogen-bond acceptors (Lipinski definition) is 7. The minimum Gasteiger partial charge on any atom is -0.450 e. The van der Waals surface area contributed by atoms with Crippen LogP contribution in [-0.2, 0) is 27.7 Å². The first-order valence-corrected chi connectivity index (χ1v) is 10.6. The molecule has 1 N–H and O–H groups in total. The van der Waals surface area contributed by atoms with E-state index in [9.17, 15) is 26.4 Å². The van der Waals surface area contributed by atoms with E-state index in [1.54, 1.807) is 6.92 Å². The van der Waals surface area contributed by atoms with E-state index in [0.717, 1.165) is 35.6 Å². The Balaban J connectivity index is 1.73. The molecule has 3 rings (SSSR count). The summed E-state index contributed by atoms with van der Waals surface area (Å²) in [6.45, 7) is 2.06. The number of sulfonamides is 1. The number of thiazole rings is 1. The number of anilines is 1. The number of hydrogen-bond donors (Lipinski definition) is 1. The molecule has 8 nitrogen and oxygen atoms in total. The van der Waals surface area contributed by atoms with Gasteiger partial charge in [-0.3, -0.25) is 5.32 Å². The monoisotopic (exact) mass is 451 g/mol. The highest BCUT2D eigenvalue weighted by molar-refractivity contribution is 7.89. The highest BCUT2D eigenvalue weighted by Crippen LogP contribution is 2.32. The zero-order chi connectivity index (χ0) is 21.2. The number of nitrogens with zero attached hydrogens (tertiary/aromatic N) is 2. The Hall–Kier alpha value is -2.38. The van der Waals surface area contributed by atoms with Crippen LogP contribution in [0.1, 0.15) is 17.5 Å². The lowest BCUT2D eigenvalue weighted by Crippen LogP contribution is -2.35. The molecule has 0 saturated heterocycles. The second kappa shape index (κ2) is 8.16. The third-order valence-electron chi connectivity index (χ3n) is 3.88. The third kappa shape index (κ3) is 5.16. The maximum atomic E-state index is 12.8. The summed E-state index contributed by atoms with van der Waals surface area (Å²) in [5, 5.41) is 2.79. The van der Waals surface area contributed by atoms with Crippen molar-refractivity contribution in [2.24, 2.45) is 0 Å². The normalized spacial score (nSPS) is 14.9. The van der Waals surface area contributed by atoms with Gasteiger partial charge in [0.25, 0.3) is 0 Å². The van der Waals surface area contributed by atoms with Crippen LogP contribution in [0.4, 0.5) is 23.1 Å². The van der Waals surface area contributed by atoms with Gasteiger partial charge in [0.2, 0.25) is 10.0 Å². The van der Waals surface area contributed by atoms with Gasteiger partial charge in [-0.1, -0.05) is 11.3 Å². The first-order chi connectivity index (χ1) is 13.6. The molecule has 29 heavy (non-hydrogen) atoms. The van der Waals surface area contributed by atoms with E-state index < -0.39 is 28.2 Å². The molecule has 1 aliphatic rings. The number of nitrogens with one attached hydrogen (secondary N) is 1. The SMILES string of the molecule is CCOC(=O)Nc1nc2c(s1)CN(S(=O)(=O)c1ccc(OC(F)(F)F)cc1)CC2. The minimum absolute atomic E-state index is 0.0423. The van der Waals surface area contributed by atoms with E-state index in [2.05, 4.69) is 15.0 Å². The quantitative estimate of drug-likeness (QED) is 0.749. The zero-order valence-corrected chi connectivity index (χ0v) is 16.7. The van der Waals surface area contributed by atoms with Gasteiger partial charge in [-0.05, 0) is 31.2 Å². The fourth-order valence-electron chi connectivity index (χ4n) is 2.65. The Morgan fingerprint density at radius 2 is 2.00 bits per heavy atom. The van der Waals surface area contributed by atoms with Gasteiger partial charge in [0.05, 0.1) is 23.7 Å². The van der Waals surface area contributed by atoms with E-state index >= 15 is 0 Å². The second-order valence-electron chi connectivity index (χ2n) is 5.84. The summed E-state index contributed by atoms with van der Waals surface area (Å²) in [7, 11) is -3.92. The van der Waals surface area contributed by atoms with Gasteiger partial charge in [-0.2, -0.15) is 4.31 Å². The van der Waals surface area contributed by atoms with Crippen LogP contribution in [0, 0.1) is 0 Å². The molecule has 0 saturated carbocycles. The summed E-state index contributed by atoms with van der Waals surface area (Å²) in [6.07, 6.45) is -5.17. The number of fused-ring (bicyclic) bond motifs is 1. The number of ether oxygens (including phenoxy) is 2. The molecule has 0 spiro atoms. The molecular weight excluding hydrogens is 435 g/mol. The van der Waals surface area contributed by atoms with Crippen molar-refractivity contribution < 1.29 is 35.9 Å². The minimum atomic E-state index is -4.86. The number of rotatable bonds is 5. The first kappa shape index (κ1) is 21.3. The topological polar surface area (TPSA) is 97.8 Å². The standard InChI is InChI=1S/C16H16F3N3O5S2/c1-2-26-15(23)21-14-20-12-7-8-22(9-13(12)28-14)29(24,25)11-5-3-10(4-6-11)27-16(17,18)19/h3-6H,2,7-9H2,1H3,(H,20,21,23). The van der Waals surface area contributed by atoms with Gasteiger partial charge in [0.15, 0.2) is 5.13 Å². The molecule has 1 amide bonds. The lowest BCUT2D eigenvalue weighted by molar-refractivity contribution is -0.274. The summed E-state index contributed by atoms with van der Waals surface area (Å²) in [6, 6.07) is 4.02. The lowest BCUT2D eigenvalue weighted by Gasteiger charge is -2.25. The Morgan fingerprint density at radius 1 is 1.31 bits per heavy atom. The van der Waals surface area contributed by atoms with E-state index in [1.807, 2.05) is 0 Å². The largest absolute Gasteiger partial charge is 0.573 e. The summed E-state index contributed by atoms with van der Waals surface area (Å²) in [4.78, 5) is 16.3. The Labute approximate surface area is 168 Å². The fraction of sp³-hybridized carbons (Fsp3) is 0.375. The maximum absolute atomic E-state index is 12.8. The molecule has 0 fully saturated rings. The number of halogens is 3. The van der Waals surface area contributed by atoms with Gasteiger partial charge in [-0.25, -0.2) is 18.2 Å². The fourth-order valence-corrected chi connectivity index (χ4v) is 5.15. The molecule has 13 heteroatoms. The van der Waals surface area contributed by atoms with Crippen molar-refractivity contribution in [2.45, 2.75) is 31.1 Å². The van der Waals surface area contributed by atoms with Gasteiger partial charge >= 0.3 is 12.5 Å². The summed E-state index contributed by atoms with van der Waals surface area (Å²) >= 11 is 1.14. The molecular formula is C16H16F3N3O5S2. The molecule has 0 bridgehead atoms. The molecule has 2 heterocycles. The number of alkyl halides is 3. The van der Waals surface area contributed by atoms with Gasteiger partial charge in [0.1, 0.15) is 5.75 Å². The van der Waals surface area contributed by atoms with Crippen molar-refractivity contribution in [1.29, 1.82) is 0 Å². The second-order valence-corrected chi connectivity index (χ2v) is 8.86. The smallest absolute Gasteiger partial charge is 0.450 e. The molecule has 0 aliphatic carbocycles. The van der Waals surface area contributed by atoms with E-state index in [0.29, 0.717) is 22.1 Å². The van der Waals surface area contributed by atoms with Crippen molar-refractivity contribution in [3.05, 3.63) is 34.8 Å². The van der Waals surface area contributed by atoms with Crippen LogP contribution in [0.2, 0.25) is 0 Å². The first-order valence-electron chi connectivity index (χ1n) is 8.37. The molecule has 1 aromatic carbocycles. The maximum Gasteiger partial charge on any atom is 0.573 e. The Bertz CT molecular complexity index is 990. The zero-order valence-electron chi connectivity index (χ0n) is 15.0. The van der Waals surface area contributed by atoms with Crippen LogP contribution >= 0.6 is 11.3 Å². The molecule has 0 unspecified atom stereocenters. The van der Waals surface area contributed by atoms with Crippen LogP contribution in [-0.4, -0.2) is 43.3 Å². The number of benzene rings is 1. The predicted octanol–water partition coefficient (Wildman–Crippen LogP) is 3.36. The molecule has 1 aliphatic heterocycles. The van der Waals surface area contributed by atoms with Gasteiger partial charge in [0, 0.05) is 17.8 Å². The highest BCUT2D eigenvalue weighted by Gasteiger charge is 2.33. The van der Waals surface area contributed by atoms with E-state index in [-0.39, 0.29) is 24.6 Å². The van der Waals surface area contributed by atoms with Crippen molar-refractivity contribution in [3.8, 4) is 5.75 Å². The van der Waals surface area contributed by atoms with Crippen LogP contribution in [0.3, 0.4) is 0 Å². The van der Waals surface area contributed by atoms with Crippen LogP contribution in [0.5, 0.6) is 5.75 Å².